The molecule has 0 aliphatic heterocycles. The zero-order valence-electron chi connectivity index (χ0n) is 21.8. The van der Waals surface area contributed by atoms with E-state index in [0.717, 1.165) is 23.2 Å². The summed E-state index contributed by atoms with van der Waals surface area (Å²) in [6, 6.07) is 1.62. The quantitative estimate of drug-likeness (QED) is 0.511. The Hall–Kier alpha value is -2.63. The molecule has 1 aromatic heterocycles. The molecule has 2 aliphatic rings. The highest BCUT2D eigenvalue weighted by atomic mass is 32.2. The molecule has 4 rings (SSSR count). The molecule has 1 fully saturated rings. The van der Waals surface area contributed by atoms with E-state index in [0.29, 0.717) is 6.42 Å². The van der Waals surface area contributed by atoms with Crippen LogP contribution in [0.3, 0.4) is 0 Å². The summed E-state index contributed by atoms with van der Waals surface area (Å²) in [6.45, 7) is 6.52. The number of halogens is 2. The minimum Gasteiger partial charge on any atom is -0.390 e. The van der Waals surface area contributed by atoms with E-state index in [4.69, 9.17) is 0 Å². The summed E-state index contributed by atoms with van der Waals surface area (Å²) in [7, 11) is -2.52. The lowest BCUT2D eigenvalue weighted by atomic mass is 9.56. The predicted octanol–water partition coefficient (Wildman–Crippen LogP) is 3.42. The Balaban J connectivity index is 1.76. The zero-order valence-corrected chi connectivity index (χ0v) is 22.6. The normalized spacial score (nSPS) is 25.5. The molecule has 1 heterocycles. The summed E-state index contributed by atoms with van der Waals surface area (Å²) in [6.07, 6.45) is 7.81. The van der Waals surface area contributed by atoms with E-state index in [9.17, 15) is 18.3 Å². The van der Waals surface area contributed by atoms with Gasteiger partial charge in [-0.05, 0) is 52.2 Å². The van der Waals surface area contributed by atoms with E-state index in [-0.39, 0.29) is 36.3 Å². The van der Waals surface area contributed by atoms with Crippen molar-refractivity contribution in [3.63, 3.8) is 0 Å². The van der Waals surface area contributed by atoms with Gasteiger partial charge in [0.2, 0.25) is 10.0 Å². The van der Waals surface area contributed by atoms with E-state index in [1.165, 1.54) is 11.4 Å². The van der Waals surface area contributed by atoms with Gasteiger partial charge in [-0.15, -0.1) is 0 Å². The van der Waals surface area contributed by atoms with Crippen molar-refractivity contribution >= 4 is 10.0 Å². The summed E-state index contributed by atoms with van der Waals surface area (Å²) in [4.78, 5) is 14.6. The maximum Gasteiger partial charge on any atom is 0.343 e. The molecular weight excluding hydrogens is 502 g/mol. The maximum absolute atomic E-state index is 15.7. The van der Waals surface area contributed by atoms with Gasteiger partial charge in [-0.3, -0.25) is 4.98 Å². The number of aryl methyl sites for hydroxylation is 1. The van der Waals surface area contributed by atoms with Gasteiger partial charge in [-0.1, -0.05) is 37.6 Å². The second-order valence-electron chi connectivity index (χ2n) is 10.8. The van der Waals surface area contributed by atoms with Crippen molar-refractivity contribution < 1.29 is 22.3 Å². The van der Waals surface area contributed by atoms with Gasteiger partial charge in [0.1, 0.15) is 22.2 Å². The third-order valence-corrected chi connectivity index (χ3v) is 10.1. The number of aromatic nitrogens is 3. The van der Waals surface area contributed by atoms with Crippen LogP contribution in [0.1, 0.15) is 70.3 Å². The molecule has 0 spiro atoms. The lowest BCUT2D eigenvalue weighted by Crippen LogP contribution is -2.54. The standard InChI is InChI=1S/C26H34F2N4O4S/c1-6-9-17(2)32(37(35,36)25(4)10-7-8-11-25)14-18-12-21(28)19(13-20(18)27)26(15-24(3,34)16-26)22-29-23(33)31(5)30-22/h7-8,10-13,17,34H,6,9,14-16H2,1-5H3,(H,29,30,33)/t17-,24?,26?/m0/s1. The van der Waals surface area contributed by atoms with Gasteiger partial charge < -0.3 is 5.11 Å². The second kappa shape index (κ2) is 9.28. The molecule has 0 amide bonds. The van der Waals surface area contributed by atoms with Crippen molar-refractivity contribution in [2.24, 2.45) is 7.05 Å². The Morgan fingerprint density at radius 2 is 1.81 bits per heavy atom. The largest absolute Gasteiger partial charge is 0.390 e. The first-order valence-corrected chi connectivity index (χ1v) is 13.8. The minimum absolute atomic E-state index is 0.0354. The van der Waals surface area contributed by atoms with E-state index < -0.39 is 49.2 Å². The van der Waals surface area contributed by atoms with Crippen LogP contribution in [0.15, 0.2) is 41.2 Å². The smallest absolute Gasteiger partial charge is 0.343 e. The summed E-state index contributed by atoms with van der Waals surface area (Å²) >= 11 is 0. The number of rotatable bonds is 9. The number of nitrogens with one attached hydrogen (secondary N) is 1. The minimum atomic E-state index is -3.96. The van der Waals surface area contributed by atoms with Gasteiger partial charge in [-0.25, -0.2) is 26.7 Å². The number of benzene rings is 1. The average molecular weight is 537 g/mol. The first kappa shape index (κ1) is 27.4. The molecule has 0 radical (unpaired) electrons. The Kier molecular flexibility index (Phi) is 6.88. The highest BCUT2D eigenvalue weighted by Crippen LogP contribution is 2.54. The molecule has 37 heavy (non-hydrogen) atoms. The Labute approximate surface area is 215 Å². The molecule has 2 aliphatic carbocycles. The monoisotopic (exact) mass is 536 g/mol. The van der Waals surface area contributed by atoms with Crippen molar-refractivity contribution in [3.8, 4) is 0 Å². The number of aliphatic hydroxyl groups is 1. The third kappa shape index (κ3) is 4.61. The zero-order chi connectivity index (χ0) is 27.4. The fraction of sp³-hybridized carbons (Fsp3) is 0.538. The van der Waals surface area contributed by atoms with Gasteiger partial charge >= 0.3 is 5.69 Å². The van der Waals surface area contributed by atoms with Crippen molar-refractivity contribution in [1.82, 2.24) is 19.1 Å². The molecule has 1 saturated carbocycles. The predicted molar refractivity (Wildman–Crippen MR) is 136 cm³/mol. The maximum atomic E-state index is 15.7. The van der Waals surface area contributed by atoms with Crippen molar-refractivity contribution in [2.45, 2.75) is 81.7 Å². The van der Waals surface area contributed by atoms with Gasteiger partial charge in [0, 0.05) is 30.8 Å². The molecule has 11 heteroatoms. The number of hydrogen-bond acceptors (Lipinski definition) is 5. The van der Waals surface area contributed by atoms with Gasteiger partial charge in [0.15, 0.2) is 0 Å². The summed E-state index contributed by atoms with van der Waals surface area (Å²) in [5.41, 5.74) is -3.01. The number of hydrogen-bond donors (Lipinski definition) is 2. The lowest BCUT2D eigenvalue weighted by Gasteiger charge is -2.50. The van der Waals surface area contributed by atoms with Gasteiger partial charge in [0.05, 0.1) is 11.0 Å². The van der Waals surface area contributed by atoms with Crippen LogP contribution < -0.4 is 5.69 Å². The van der Waals surface area contributed by atoms with Crippen LogP contribution in [-0.4, -0.2) is 49.0 Å². The van der Waals surface area contributed by atoms with Crippen molar-refractivity contribution in [2.75, 3.05) is 0 Å². The molecular formula is C26H34F2N4O4S. The Morgan fingerprint density at radius 1 is 1.19 bits per heavy atom. The Morgan fingerprint density at radius 3 is 2.32 bits per heavy atom. The third-order valence-electron chi connectivity index (χ3n) is 7.59. The highest BCUT2D eigenvalue weighted by Gasteiger charge is 2.56. The van der Waals surface area contributed by atoms with E-state index in [2.05, 4.69) is 10.1 Å². The van der Waals surface area contributed by atoms with Crippen LogP contribution in [0, 0.1) is 11.6 Å². The van der Waals surface area contributed by atoms with Crippen LogP contribution in [0.2, 0.25) is 0 Å². The highest BCUT2D eigenvalue weighted by molar-refractivity contribution is 7.90. The molecule has 1 atom stereocenters. The van der Waals surface area contributed by atoms with Crippen LogP contribution in [-0.2, 0) is 29.0 Å². The molecule has 8 nitrogen and oxygen atoms in total. The molecule has 0 bridgehead atoms. The number of nitrogens with zero attached hydrogens (tertiary/aromatic N) is 3. The molecule has 202 valence electrons. The number of H-pyrrole nitrogens is 1. The fourth-order valence-corrected chi connectivity index (χ4v) is 7.50. The van der Waals surface area contributed by atoms with E-state index >= 15 is 8.78 Å². The SMILES string of the molecule is CCC[C@H](C)N(Cc1cc(F)c(C2(c3nn(C)c(=O)[nH]3)CC(C)(O)C2)cc1F)S(=O)(=O)C1(C)C=CC=C1. The van der Waals surface area contributed by atoms with Crippen LogP contribution in [0.4, 0.5) is 8.78 Å². The first-order valence-electron chi connectivity index (χ1n) is 12.4. The molecule has 1 aromatic carbocycles. The lowest BCUT2D eigenvalue weighted by molar-refractivity contribution is -0.0649. The summed E-state index contributed by atoms with van der Waals surface area (Å²) in [5.74, 6) is -1.39. The summed E-state index contributed by atoms with van der Waals surface area (Å²) < 4.78 is 59.7. The molecule has 0 unspecified atom stereocenters. The van der Waals surface area contributed by atoms with Crippen LogP contribution >= 0.6 is 0 Å². The number of aromatic amines is 1. The Bertz CT molecular complexity index is 1400. The summed E-state index contributed by atoms with van der Waals surface area (Å²) in [5, 5.41) is 14.6. The first-order chi connectivity index (χ1) is 17.2. The van der Waals surface area contributed by atoms with E-state index in [1.807, 2.05) is 6.92 Å². The van der Waals surface area contributed by atoms with Crippen molar-refractivity contribution in [3.05, 3.63) is 75.5 Å². The second-order valence-corrected chi connectivity index (χ2v) is 13.1. The van der Waals surface area contributed by atoms with Crippen molar-refractivity contribution in [1.29, 1.82) is 0 Å². The van der Waals surface area contributed by atoms with E-state index in [1.54, 1.807) is 45.1 Å². The fourth-order valence-electron chi connectivity index (χ4n) is 5.61. The average Bonchev–Trinajstić information content (AvgIpc) is 3.38. The van der Waals surface area contributed by atoms with Crippen LogP contribution in [0.25, 0.3) is 0 Å². The molecule has 2 aromatic rings. The van der Waals surface area contributed by atoms with Gasteiger partial charge in [-0.2, -0.15) is 9.40 Å². The van der Waals surface area contributed by atoms with Crippen LogP contribution in [0.5, 0.6) is 0 Å². The number of allylic oxidation sites excluding steroid dienone is 2. The van der Waals surface area contributed by atoms with Gasteiger partial charge in [0.25, 0.3) is 0 Å². The molecule has 0 saturated heterocycles. The topological polar surface area (TPSA) is 108 Å². The number of sulfonamides is 1. The molecule has 2 N–H and O–H groups in total.